The van der Waals surface area contributed by atoms with Gasteiger partial charge in [0.05, 0.1) is 32.1 Å². The van der Waals surface area contributed by atoms with Crippen LogP contribution in [0.1, 0.15) is 57.8 Å². The number of aliphatic hydroxyl groups is 1. The molecule has 1 aromatic heterocycles. The molecule has 0 spiro atoms. The summed E-state index contributed by atoms with van der Waals surface area (Å²) in [5, 5.41) is 13.7. The second-order valence-corrected chi connectivity index (χ2v) is 16.3. The van der Waals surface area contributed by atoms with Crippen molar-refractivity contribution in [3.63, 3.8) is 0 Å². The molecular weight excluding hydrogens is 390 g/mol. The van der Waals surface area contributed by atoms with Crippen molar-refractivity contribution in [2.45, 2.75) is 90.3 Å². The van der Waals surface area contributed by atoms with Crippen LogP contribution in [0.4, 0.5) is 4.79 Å². The molecule has 4 atom stereocenters. The number of ether oxygens (including phenoxy) is 1. The SMILES string of the molecule is CCCC[C@H](NC(=O)OC(C)(C)C)C(O)C1C(=O)C1c1ccc([Si](C)(C)C)s1. The predicted octanol–water partition coefficient (Wildman–Crippen LogP) is 4.02. The molecule has 1 saturated carbocycles. The van der Waals surface area contributed by atoms with Gasteiger partial charge in [-0.15, -0.1) is 11.3 Å². The molecule has 1 aliphatic carbocycles. The lowest BCUT2D eigenvalue weighted by molar-refractivity contribution is -0.112. The third-order valence-electron chi connectivity index (χ3n) is 4.91. The van der Waals surface area contributed by atoms with Crippen molar-refractivity contribution in [1.29, 1.82) is 0 Å². The van der Waals surface area contributed by atoms with E-state index in [1.165, 1.54) is 4.50 Å². The summed E-state index contributed by atoms with van der Waals surface area (Å²) in [4.78, 5) is 25.8. The monoisotopic (exact) mass is 425 g/mol. The van der Waals surface area contributed by atoms with Gasteiger partial charge in [0, 0.05) is 4.88 Å². The molecule has 2 N–H and O–H groups in total. The summed E-state index contributed by atoms with van der Waals surface area (Å²) in [6, 6.07) is 3.69. The topological polar surface area (TPSA) is 75.6 Å². The zero-order chi connectivity index (χ0) is 21.3. The predicted molar refractivity (Wildman–Crippen MR) is 117 cm³/mol. The number of thiophene rings is 1. The average Bonchev–Trinajstić information content (AvgIpc) is 2.98. The van der Waals surface area contributed by atoms with E-state index in [2.05, 4.69) is 37.9 Å². The van der Waals surface area contributed by atoms with Crippen molar-refractivity contribution >= 4 is 35.8 Å². The third kappa shape index (κ3) is 5.91. The highest BCUT2D eigenvalue weighted by atomic mass is 32.1. The second kappa shape index (κ2) is 8.67. The van der Waals surface area contributed by atoms with Gasteiger partial charge < -0.3 is 15.2 Å². The van der Waals surface area contributed by atoms with Crippen LogP contribution < -0.4 is 9.82 Å². The molecule has 1 aliphatic rings. The maximum Gasteiger partial charge on any atom is 0.407 e. The summed E-state index contributed by atoms with van der Waals surface area (Å²) in [6.45, 7) is 14.3. The smallest absolute Gasteiger partial charge is 0.407 e. The first-order valence-electron chi connectivity index (χ1n) is 10.2. The summed E-state index contributed by atoms with van der Waals surface area (Å²) in [5.41, 5.74) is -0.605. The van der Waals surface area contributed by atoms with Crippen molar-refractivity contribution in [1.82, 2.24) is 5.32 Å². The van der Waals surface area contributed by atoms with E-state index >= 15 is 0 Å². The van der Waals surface area contributed by atoms with Crippen LogP contribution in [0.2, 0.25) is 19.6 Å². The van der Waals surface area contributed by atoms with E-state index in [9.17, 15) is 14.7 Å². The number of carbonyl (C=O) groups excluding carboxylic acids is 2. The first-order valence-corrected chi connectivity index (χ1v) is 14.5. The number of Topliss-reactive ketones (excluding diaryl/α,β-unsaturated/α-hetero) is 1. The van der Waals surface area contributed by atoms with E-state index in [1.807, 2.05) is 6.07 Å². The number of rotatable bonds is 8. The van der Waals surface area contributed by atoms with Crippen molar-refractivity contribution < 1.29 is 19.4 Å². The zero-order valence-corrected chi connectivity index (χ0v) is 20.0. The largest absolute Gasteiger partial charge is 0.444 e. The van der Waals surface area contributed by atoms with Gasteiger partial charge in [-0.1, -0.05) is 45.5 Å². The lowest BCUT2D eigenvalue weighted by atomic mass is 9.99. The maximum atomic E-state index is 12.5. The zero-order valence-electron chi connectivity index (χ0n) is 18.2. The highest BCUT2D eigenvalue weighted by Gasteiger charge is 2.56. The van der Waals surface area contributed by atoms with Gasteiger partial charge in [0.1, 0.15) is 11.4 Å². The van der Waals surface area contributed by atoms with Crippen LogP contribution in [-0.2, 0) is 9.53 Å². The van der Waals surface area contributed by atoms with E-state index < -0.39 is 37.8 Å². The Morgan fingerprint density at radius 3 is 2.46 bits per heavy atom. The highest BCUT2D eigenvalue weighted by Crippen LogP contribution is 2.48. The molecule has 158 valence electrons. The molecule has 0 saturated heterocycles. The molecule has 1 amide bonds. The summed E-state index contributed by atoms with van der Waals surface area (Å²) in [6.07, 6.45) is 0.995. The fourth-order valence-corrected chi connectivity index (χ4v) is 6.40. The first-order chi connectivity index (χ1) is 12.8. The van der Waals surface area contributed by atoms with E-state index in [-0.39, 0.29) is 11.7 Å². The van der Waals surface area contributed by atoms with E-state index in [0.717, 1.165) is 17.7 Å². The molecule has 0 aromatic carbocycles. The Morgan fingerprint density at radius 1 is 1.32 bits per heavy atom. The Kier molecular flexibility index (Phi) is 7.15. The van der Waals surface area contributed by atoms with Crippen molar-refractivity contribution in [2.75, 3.05) is 0 Å². The summed E-state index contributed by atoms with van der Waals surface area (Å²) >= 11 is 1.70. The minimum absolute atomic E-state index is 0.0731. The number of hydrogen-bond donors (Lipinski definition) is 2. The number of alkyl carbamates (subject to hydrolysis) is 1. The molecule has 7 heteroatoms. The standard InChI is InChI=1S/C21H35NO4SSi/c1-8-9-10-13(22-20(25)26-21(2,3)4)18(23)17-16(19(17)24)14-11-12-15(27-14)28(5,6)7/h11-13,16-18,23H,8-10H2,1-7H3,(H,22,25)/t13-,16?,17?,18?/m0/s1. The average molecular weight is 426 g/mol. The molecule has 1 heterocycles. The van der Waals surface area contributed by atoms with Gasteiger partial charge in [0.2, 0.25) is 0 Å². The third-order valence-corrected chi connectivity index (χ3v) is 9.68. The lowest BCUT2D eigenvalue weighted by Crippen LogP contribution is -2.46. The van der Waals surface area contributed by atoms with Crippen LogP contribution >= 0.6 is 11.3 Å². The number of unbranched alkanes of at least 4 members (excludes halogenated alkanes) is 1. The second-order valence-electron chi connectivity index (χ2n) is 9.74. The van der Waals surface area contributed by atoms with E-state index in [4.69, 9.17) is 4.74 Å². The van der Waals surface area contributed by atoms with Gasteiger partial charge in [-0.25, -0.2) is 4.79 Å². The number of amides is 1. The number of carbonyl (C=O) groups is 2. The normalized spacial score (nSPS) is 21.9. The molecule has 0 radical (unpaired) electrons. The first kappa shape index (κ1) is 23.1. The number of ketones is 1. The molecule has 0 bridgehead atoms. The molecule has 2 rings (SSSR count). The highest BCUT2D eigenvalue weighted by molar-refractivity contribution is 7.26. The van der Waals surface area contributed by atoms with E-state index in [1.54, 1.807) is 32.1 Å². The molecule has 1 fully saturated rings. The number of aliphatic hydroxyl groups excluding tert-OH is 1. The van der Waals surface area contributed by atoms with Crippen molar-refractivity contribution in [2.24, 2.45) is 5.92 Å². The van der Waals surface area contributed by atoms with Crippen molar-refractivity contribution in [3.05, 3.63) is 17.0 Å². The fourth-order valence-electron chi connectivity index (χ4n) is 3.33. The molecule has 1 aromatic rings. The van der Waals surface area contributed by atoms with Gasteiger partial charge in [-0.2, -0.15) is 0 Å². The molecular formula is C21H35NO4SSi. The molecule has 3 unspecified atom stereocenters. The lowest BCUT2D eigenvalue weighted by Gasteiger charge is -2.26. The summed E-state index contributed by atoms with van der Waals surface area (Å²) in [7, 11) is -1.41. The fraction of sp³-hybridized carbons (Fsp3) is 0.714. The molecule has 5 nitrogen and oxygen atoms in total. The quantitative estimate of drug-likeness (QED) is 0.617. The maximum absolute atomic E-state index is 12.5. The van der Waals surface area contributed by atoms with Crippen molar-refractivity contribution in [3.8, 4) is 0 Å². The van der Waals surface area contributed by atoms with Gasteiger partial charge in [-0.05, 0) is 37.8 Å². The van der Waals surface area contributed by atoms with Crippen LogP contribution in [0.25, 0.3) is 0 Å². The Hall–Kier alpha value is -1.18. The van der Waals surface area contributed by atoms with Gasteiger partial charge in [0.15, 0.2) is 0 Å². The van der Waals surface area contributed by atoms with Crippen LogP contribution in [0.15, 0.2) is 12.1 Å². The number of hydrogen-bond acceptors (Lipinski definition) is 5. The molecule has 0 aliphatic heterocycles. The Bertz CT molecular complexity index is 704. The van der Waals surface area contributed by atoms with Gasteiger partial charge >= 0.3 is 6.09 Å². The Balaban J connectivity index is 2.09. The summed E-state index contributed by atoms with van der Waals surface area (Å²) in [5.74, 6) is -0.608. The van der Waals surface area contributed by atoms with Crippen LogP contribution in [0.5, 0.6) is 0 Å². The number of nitrogens with one attached hydrogen (secondary N) is 1. The Morgan fingerprint density at radius 2 is 1.96 bits per heavy atom. The Labute approximate surface area is 173 Å². The van der Waals surface area contributed by atoms with Gasteiger partial charge in [0.25, 0.3) is 0 Å². The minimum Gasteiger partial charge on any atom is -0.444 e. The van der Waals surface area contributed by atoms with Crippen LogP contribution in [0.3, 0.4) is 0 Å². The van der Waals surface area contributed by atoms with Crippen LogP contribution in [-0.4, -0.2) is 42.8 Å². The minimum atomic E-state index is -1.41. The van der Waals surface area contributed by atoms with Crippen LogP contribution in [0, 0.1) is 5.92 Å². The summed E-state index contributed by atoms with van der Waals surface area (Å²) < 4.78 is 6.70. The van der Waals surface area contributed by atoms with E-state index in [0.29, 0.717) is 6.42 Å². The van der Waals surface area contributed by atoms with Gasteiger partial charge in [-0.3, -0.25) is 4.79 Å². The molecule has 28 heavy (non-hydrogen) atoms.